The van der Waals surface area contributed by atoms with Gasteiger partial charge in [-0.1, -0.05) is 55.8 Å². The number of carbonyl (C=O) groups excluding carboxylic acids is 2. The summed E-state index contributed by atoms with van der Waals surface area (Å²) in [6.07, 6.45) is -3.60. The smallest absolute Gasteiger partial charge is 0.362 e. The number of nitrogens with one attached hydrogen (secondary N) is 2. The number of hydrogen-bond acceptors (Lipinski definition) is 3. The molecule has 8 heteroatoms. The van der Waals surface area contributed by atoms with E-state index in [4.69, 9.17) is 11.6 Å². The fourth-order valence-electron chi connectivity index (χ4n) is 4.70. The SMILES string of the molecule is CC1=C(C(=O)Nc2cc(C(F)(F)F)ccc2Cl)[C@@H](c2ccccc2)C2=C(CC(C)(C)CC2=O)N1. The molecule has 178 valence electrons. The number of hydrogen-bond donors (Lipinski definition) is 2. The van der Waals surface area contributed by atoms with Crippen molar-refractivity contribution in [2.24, 2.45) is 5.41 Å². The van der Waals surface area contributed by atoms with Crippen molar-refractivity contribution in [1.29, 1.82) is 0 Å². The van der Waals surface area contributed by atoms with Gasteiger partial charge in [0.05, 0.1) is 16.3 Å². The van der Waals surface area contributed by atoms with E-state index in [1.165, 1.54) is 0 Å². The summed E-state index contributed by atoms with van der Waals surface area (Å²) in [4.78, 5) is 26.8. The second-order valence-corrected chi connectivity index (χ2v) is 9.89. The lowest BCUT2D eigenvalue weighted by Crippen LogP contribution is -2.39. The molecular weight excluding hydrogens is 465 g/mol. The lowest BCUT2D eigenvalue weighted by molar-refractivity contribution is -0.137. The topological polar surface area (TPSA) is 58.2 Å². The van der Waals surface area contributed by atoms with Crippen molar-refractivity contribution >= 4 is 29.0 Å². The number of halogens is 4. The van der Waals surface area contributed by atoms with Gasteiger partial charge >= 0.3 is 6.18 Å². The summed E-state index contributed by atoms with van der Waals surface area (Å²) in [6, 6.07) is 11.9. The van der Waals surface area contributed by atoms with E-state index < -0.39 is 23.6 Å². The van der Waals surface area contributed by atoms with Crippen molar-refractivity contribution < 1.29 is 22.8 Å². The van der Waals surface area contributed by atoms with E-state index in [0.717, 1.165) is 29.5 Å². The number of dihydropyridines is 1. The quantitative estimate of drug-likeness (QED) is 0.511. The van der Waals surface area contributed by atoms with Gasteiger partial charge in [0.1, 0.15) is 0 Å². The van der Waals surface area contributed by atoms with E-state index in [2.05, 4.69) is 10.6 Å². The number of rotatable bonds is 3. The third-order valence-electron chi connectivity index (χ3n) is 6.16. The Hall–Kier alpha value is -3.06. The van der Waals surface area contributed by atoms with Crippen LogP contribution in [0, 0.1) is 5.41 Å². The summed E-state index contributed by atoms with van der Waals surface area (Å²) in [5.74, 6) is -1.32. The zero-order valence-electron chi connectivity index (χ0n) is 18.9. The Morgan fingerprint density at radius 1 is 1.12 bits per heavy atom. The standard InChI is InChI=1S/C26H24ClF3N2O2/c1-14-21(24(34)32-18-11-16(26(28,29)30)9-10-17(18)27)22(15-7-5-4-6-8-15)23-19(31-14)12-25(2,3)13-20(23)33/h4-11,22,31H,12-13H2,1-3H3,(H,32,34)/t22-/m1/s1. The number of alkyl halides is 3. The highest BCUT2D eigenvalue weighted by Gasteiger charge is 2.42. The molecule has 1 atom stereocenters. The van der Waals surface area contributed by atoms with Gasteiger partial charge in [-0.15, -0.1) is 0 Å². The van der Waals surface area contributed by atoms with Gasteiger partial charge < -0.3 is 10.6 Å². The Bertz CT molecular complexity index is 1230. The molecule has 4 rings (SSSR count). The third-order valence-corrected chi connectivity index (χ3v) is 6.49. The maximum atomic E-state index is 13.5. The zero-order valence-corrected chi connectivity index (χ0v) is 19.7. The van der Waals surface area contributed by atoms with Crippen LogP contribution in [0.5, 0.6) is 0 Å². The molecule has 0 saturated carbocycles. The van der Waals surface area contributed by atoms with Gasteiger partial charge in [0.15, 0.2) is 5.78 Å². The van der Waals surface area contributed by atoms with Crippen LogP contribution in [0.25, 0.3) is 0 Å². The number of ketones is 1. The molecule has 0 radical (unpaired) electrons. The molecular formula is C26H24ClF3N2O2. The normalized spacial score (nSPS) is 20.1. The molecule has 2 aromatic carbocycles. The van der Waals surface area contributed by atoms with Crippen molar-refractivity contribution in [3.63, 3.8) is 0 Å². The minimum atomic E-state index is -4.58. The monoisotopic (exact) mass is 488 g/mol. The first-order chi connectivity index (χ1) is 15.9. The number of allylic oxidation sites excluding steroid dienone is 3. The lowest BCUT2D eigenvalue weighted by atomic mass is 9.68. The Labute approximate surface area is 200 Å². The van der Waals surface area contributed by atoms with Crippen molar-refractivity contribution in [3.05, 3.63) is 87.2 Å². The van der Waals surface area contributed by atoms with Gasteiger partial charge in [-0.25, -0.2) is 0 Å². The Morgan fingerprint density at radius 2 is 1.79 bits per heavy atom. The van der Waals surface area contributed by atoms with Crippen LogP contribution in [0.3, 0.4) is 0 Å². The van der Waals surface area contributed by atoms with Crippen LogP contribution in [0.1, 0.15) is 50.7 Å². The van der Waals surface area contributed by atoms with Crippen LogP contribution < -0.4 is 10.6 Å². The summed E-state index contributed by atoms with van der Waals surface area (Å²) in [5.41, 5.74) is 1.57. The first-order valence-corrected chi connectivity index (χ1v) is 11.2. The molecule has 0 unspecified atom stereocenters. The molecule has 34 heavy (non-hydrogen) atoms. The van der Waals surface area contributed by atoms with Crippen LogP contribution in [-0.2, 0) is 15.8 Å². The highest BCUT2D eigenvalue weighted by molar-refractivity contribution is 6.34. The first kappa shape index (κ1) is 24.1. The van der Waals surface area contributed by atoms with Crippen LogP contribution >= 0.6 is 11.6 Å². The summed E-state index contributed by atoms with van der Waals surface area (Å²) >= 11 is 6.11. The molecule has 4 nitrogen and oxygen atoms in total. The Kier molecular flexibility index (Phi) is 6.10. The van der Waals surface area contributed by atoms with Gasteiger partial charge in [0.25, 0.3) is 5.91 Å². The highest BCUT2D eigenvalue weighted by Crippen LogP contribution is 2.47. The predicted octanol–water partition coefficient (Wildman–Crippen LogP) is 6.60. The molecule has 2 aliphatic rings. The summed E-state index contributed by atoms with van der Waals surface area (Å²) in [5, 5.41) is 5.76. The Morgan fingerprint density at radius 3 is 2.44 bits per heavy atom. The van der Waals surface area contributed by atoms with E-state index in [9.17, 15) is 22.8 Å². The summed E-state index contributed by atoms with van der Waals surface area (Å²) in [6.45, 7) is 5.77. The minimum Gasteiger partial charge on any atom is -0.362 e. The molecule has 0 bridgehead atoms. The van der Waals surface area contributed by atoms with Crippen LogP contribution in [0.2, 0.25) is 5.02 Å². The van der Waals surface area contributed by atoms with Gasteiger partial charge in [0, 0.05) is 34.9 Å². The second kappa shape index (κ2) is 8.62. The fraction of sp³-hybridized carbons (Fsp3) is 0.308. The molecule has 0 spiro atoms. The molecule has 1 aliphatic carbocycles. The average Bonchev–Trinajstić information content (AvgIpc) is 2.73. The van der Waals surface area contributed by atoms with Crippen molar-refractivity contribution in [1.82, 2.24) is 5.32 Å². The molecule has 2 aromatic rings. The van der Waals surface area contributed by atoms with Crippen molar-refractivity contribution in [2.75, 3.05) is 5.32 Å². The largest absolute Gasteiger partial charge is 0.416 e. The van der Waals surface area contributed by atoms with E-state index in [0.29, 0.717) is 24.1 Å². The van der Waals surface area contributed by atoms with Crippen molar-refractivity contribution in [2.45, 2.75) is 45.7 Å². The fourth-order valence-corrected chi connectivity index (χ4v) is 4.87. The minimum absolute atomic E-state index is 0.0185. The molecule has 1 amide bonds. The molecule has 1 heterocycles. The molecule has 0 saturated heterocycles. The van der Waals surface area contributed by atoms with E-state index in [1.807, 2.05) is 44.2 Å². The highest BCUT2D eigenvalue weighted by atomic mass is 35.5. The number of benzene rings is 2. The molecule has 0 fully saturated rings. The molecule has 2 N–H and O–H groups in total. The number of amides is 1. The van der Waals surface area contributed by atoms with E-state index >= 15 is 0 Å². The average molecular weight is 489 g/mol. The van der Waals surface area contributed by atoms with Gasteiger partial charge in [0.2, 0.25) is 0 Å². The van der Waals surface area contributed by atoms with E-state index in [1.54, 1.807) is 6.92 Å². The number of carbonyl (C=O) groups is 2. The molecule has 1 aliphatic heterocycles. The lowest BCUT2D eigenvalue weighted by Gasteiger charge is -2.39. The zero-order chi connectivity index (χ0) is 24.8. The van der Waals surface area contributed by atoms with E-state index in [-0.39, 0.29) is 27.5 Å². The van der Waals surface area contributed by atoms with Crippen LogP contribution in [-0.4, -0.2) is 11.7 Å². The summed E-state index contributed by atoms with van der Waals surface area (Å²) < 4.78 is 39.6. The number of Topliss-reactive ketones (excluding diaryl/α,β-unsaturated/α-hetero) is 1. The summed E-state index contributed by atoms with van der Waals surface area (Å²) in [7, 11) is 0. The third kappa shape index (κ3) is 4.62. The van der Waals surface area contributed by atoms with Gasteiger partial charge in [-0.05, 0) is 42.5 Å². The van der Waals surface area contributed by atoms with Crippen molar-refractivity contribution in [3.8, 4) is 0 Å². The van der Waals surface area contributed by atoms with Gasteiger partial charge in [-0.3, -0.25) is 9.59 Å². The first-order valence-electron chi connectivity index (χ1n) is 10.8. The number of anilines is 1. The maximum absolute atomic E-state index is 13.5. The molecule has 0 aromatic heterocycles. The Balaban J connectivity index is 1.78. The van der Waals surface area contributed by atoms with Gasteiger partial charge in [-0.2, -0.15) is 13.2 Å². The predicted molar refractivity (Wildman–Crippen MR) is 125 cm³/mol. The maximum Gasteiger partial charge on any atom is 0.416 e. The van der Waals surface area contributed by atoms with Crippen LogP contribution in [0.15, 0.2) is 71.1 Å². The van der Waals surface area contributed by atoms with Crippen LogP contribution in [0.4, 0.5) is 18.9 Å². The second-order valence-electron chi connectivity index (χ2n) is 9.49.